The van der Waals surface area contributed by atoms with Crippen LogP contribution >= 0.6 is 151 Å². The van der Waals surface area contributed by atoms with E-state index in [4.69, 9.17) is 130 Å². The number of nitrogens with zero attached hydrogens (tertiary/aromatic N) is 24. The van der Waals surface area contributed by atoms with Crippen LogP contribution in [0, 0.1) is 64.8 Å². The van der Waals surface area contributed by atoms with E-state index in [0.717, 1.165) is 147 Å². The monoisotopic (exact) mass is 2130 g/mol. The molecule has 0 bridgehead atoms. The zero-order valence-corrected chi connectivity index (χ0v) is 85.0. The average Bonchev–Trinajstić information content (AvgIpc) is 1.60. The summed E-state index contributed by atoms with van der Waals surface area (Å²) in [5.41, 5.74) is 5.49. The largest absolute Gasteiger partial charge is 0.439 e. The van der Waals surface area contributed by atoms with Gasteiger partial charge >= 0.3 is 24.1 Å². The molecule has 12 aliphatic rings. The number of thiocarbonyl (C=S) groups is 2. The van der Waals surface area contributed by atoms with Crippen LogP contribution in [-0.2, 0) is 0 Å². The van der Waals surface area contributed by atoms with E-state index in [1.54, 1.807) is 72.6 Å². The van der Waals surface area contributed by atoms with Crippen molar-refractivity contribution in [1.82, 2.24) is 90.0 Å². The molecule has 6 aromatic carbocycles. The third-order valence-corrected chi connectivity index (χ3v) is 31.2. The minimum absolute atomic E-state index is 0.0330. The second-order valence-corrected chi connectivity index (χ2v) is 41.1. The number of hydrogen-bond donors (Lipinski definition) is 0. The van der Waals surface area contributed by atoms with Crippen molar-refractivity contribution in [2.45, 2.75) is 119 Å². The molecule has 8 amide bonds. The van der Waals surface area contributed by atoms with Crippen molar-refractivity contribution < 1.29 is 50.0 Å². The molecule has 0 unspecified atom stereocenters. The molecule has 0 atom stereocenters. The second kappa shape index (κ2) is 37.6. The lowest BCUT2D eigenvalue weighted by Gasteiger charge is -2.33. The van der Waals surface area contributed by atoms with Crippen molar-refractivity contribution in [2.75, 3.05) is 108 Å². The third kappa shape index (κ3) is 16.4. The number of amides is 8. The van der Waals surface area contributed by atoms with Gasteiger partial charge in [-0.15, -0.1) is 34.0 Å². The Bertz CT molecular complexity index is 6050. The van der Waals surface area contributed by atoms with Crippen LogP contribution in [0.15, 0.2) is 124 Å². The van der Waals surface area contributed by atoms with E-state index in [1.165, 1.54) is 66.9 Å². The van der Waals surface area contributed by atoms with Gasteiger partial charge in [0, 0.05) is 99.3 Å². The number of carbonyl (C=O) groups excluding carboxylic acids is 4. The highest BCUT2D eigenvalue weighted by molar-refractivity contribution is 7.80. The summed E-state index contributed by atoms with van der Waals surface area (Å²) in [7, 11) is 0. The molecule has 0 spiro atoms. The Balaban J connectivity index is 0.000000106. The van der Waals surface area contributed by atoms with Gasteiger partial charge in [-0.3, -0.25) is 49.9 Å². The number of carbonyl (C=O) groups is 4. The number of oxazole rings is 3. The van der Waals surface area contributed by atoms with Crippen molar-refractivity contribution >= 4 is 284 Å². The second-order valence-electron chi connectivity index (χ2n) is 33.5. The molecule has 48 heteroatoms. The summed E-state index contributed by atoms with van der Waals surface area (Å²) in [6.45, 7) is 43.8. The molecule has 24 rings (SSSR count). The predicted octanol–water partition coefficient (Wildman–Crippen LogP) is 24.7. The average molecular weight is 2130 g/mol. The summed E-state index contributed by atoms with van der Waals surface area (Å²) in [6, 6.07) is 7.24. The van der Waals surface area contributed by atoms with Gasteiger partial charge in [0.25, 0.3) is 0 Å². The fraction of sp³-hybridized carbons (Fsp3) is 0.333. The molecule has 12 saturated heterocycles. The minimum atomic E-state index is -0.633. The fourth-order valence-corrected chi connectivity index (χ4v) is 24.2. The van der Waals surface area contributed by atoms with Crippen LogP contribution in [0.5, 0.6) is 0 Å². The molecular formula is C90H84Cl8F4N24O7S5. The Kier molecular flexibility index (Phi) is 26.2. The van der Waals surface area contributed by atoms with Crippen molar-refractivity contribution in [3.63, 3.8) is 0 Å². The number of benzene rings is 6. The minimum Gasteiger partial charge on any atom is -0.439 e. The molecule has 0 N–H and O–H groups in total. The highest BCUT2D eigenvalue weighted by Crippen LogP contribution is 2.52. The van der Waals surface area contributed by atoms with E-state index < -0.39 is 23.3 Å². The number of anilines is 6. The van der Waals surface area contributed by atoms with Crippen LogP contribution in [0.1, 0.15) is 110 Å². The summed E-state index contributed by atoms with van der Waals surface area (Å²) in [4.78, 5) is 86.4. The zero-order chi connectivity index (χ0) is 97.8. The van der Waals surface area contributed by atoms with Crippen LogP contribution in [0.4, 0.5) is 70.9 Å². The molecule has 0 radical (unpaired) electrons. The number of aromatic nitrogens is 6. The van der Waals surface area contributed by atoms with E-state index in [1.807, 2.05) is 55.8 Å². The molecule has 0 saturated carbocycles. The molecular weight excluding hydrogens is 2050 g/mol. The number of aryl methyl sites for hydroxylation is 6. The summed E-state index contributed by atoms with van der Waals surface area (Å²) >= 11 is 65.2. The Hall–Kier alpha value is -10.9. The lowest BCUT2D eigenvalue weighted by molar-refractivity contribution is 0.0499. The van der Waals surface area contributed by atoms with Crippen LogP contribution < -0.4 is 29.4 Å². The first-order valence-corrected chi connectivity index (χ1v) is 50.2. The van der Waals surface area contributed by atoms with Gasteiger partial charge in [-0.05, 0) is 159 Å². The van der Waals surface area contributed by atoms with Crippen LogP contribution in [0.2, 0.25) is 40.2 Å². The Morgan fingerprint density at radius 3 is 0.775 bits per heavy atom. The van der Waals surface area contributed by atoms with E-state index >= 15 is 0 Å². The number of fused-ring (bicyclic) bond motifs is 12. The number of halogens is 12. The van der Waals surface area contributed by atoms with E-state index in [-0.39, 0.29) is 62.3 Å². The number of thiazole rings is 3. The Morgan fingerprint density at radius 1 is 0.275 bits per heavy atom. The van der Waals surface area contributed by atoms with E-state index in [9.17, 15) is 36.7 Å². The molecule has 31 nitrogen and oxygen atoms in total. The van der Waals surface area contributed by atoms with Crippen LogP contribution in [0.25, 0.3) is 63.9 Å². The normalized spacial score (nSPS) is 18.3. The first-order valence-electron chi connectivity index (χ1n) is 43.9. The molecule has 12 aromatic rings. The van der Waals surface area contributed by atoms with E-state index in [0.29, 0.717) is 193 Å². The molecule has 18 heterocycles. The molecule has 138 heavy (non-hydrogen) atoms. The number of hydrogen-bond acceptors (Lipinski definition) is 24. The van der Waals surface area contributed by atoms with Crippen molar-refractivity contribution in [3.8, 4) is 0 Å². The molecule has 720 valence electrons. The van der Waals surface area contributed by atoms with Crippen molar-refractivity contribution in [2.24, 2.45) is 0 Å². The fourth-order valence-electron chi connectivity index (χ4n) is 18.7. The lowest BCUT2D eigenvalue weighted by atomic mass is 10.2. The first-order chi connectivity index (χ1) is 65.9. The topological polar surface area (TPSA) is 243 Å². The summed E-state index contributed by atoms with van der Waals surface area (Å²) in [5, 5.41) is 28.1. The van der Waals surface area contributed by atoms with Crippen molar-refractivity contribution in [3.05, 3.63) is 207 Å². The van der Waals surface area contributed by atoms with Gasteiger partial charge in [-0.25, -0.2) is 106 Å². The quantitative estimate of drug-likeness (QED) is 0.111. The predicted molar refractivity (Wildman–Crippen MR) is 542 cm³/mol. The lowest BCUT2D eigenvalue weighted by Crippen LogP contribution is -2.43. The van der Waals surface area contributed by atoms with Gasteiger partial charge in [0.2, 0.25) is 10.2 Å². The number of urea groups is 4. The van der Waals surface area contributed by atoms with Crippen LogP contribution in [0.3, 0.4) is 0 Å². The maximum absolute atomic E-state index is 14.8. The molecule has 12 aliphatic heterocycles. The Morgan fingerprint density at radius 2 is 0.478 bits per heavy atom. The van der Waals surface area contributed by atoms with Gasteiger partial charge in [0.05, 0.1) is 75.0 Å². The first kappa shape index (κ1) is 96.0. The van der Waals surface area contributed by atoms with E-state index in [2.05, 4.69) is 69.4 Å². The summed E-state index contributed by atoms with van der Waals surface area (Å²) < 4.78 is 77.6. The smallest absolute Gasteiger partial charge is 0.349 e. The van der Waals surface area contributed by atoms with Gasteiger partial charge in [-0.1, -0.05) is 132 Å². The number of hydrazine groups is 6. The van der Waals surface area contributed by atoms with Gasteiger partial charge in [0.1, 0.15) is 96.5 Å². The van der Waals surface area contributed by atoms with Gasteiger partial charge < -0.3 is 13.3 Å². The summed E-state index contributed by atoms with van der Waals surface area (Å²) in [6.07, 6.45) is 12.0. The zero-order valence-electron chi connectivity index (χ0n) is 74.8. The molecule has 6 aromatic heterocycles. The maximum atomic E-state index is 14.8. The van der Waals surface area contributed by atoms with Gasteiger partial charge in [-0.2, -0.15) is 0 Å². The third-order valence-electron chi connectivity index (χ3n) is 24.8. The maximum Gasteiger partial charge on any atom is 0.349 e. The SMILES string of the molecule is C=C1N(c2c(Cl)cc(Cl)c3oc(C)nc23)C(=O)N2CCCCN12.C=C1N(c2c(Cl)cc(Cl)c3sc(C)nc23)C(=O)N2CCCCN12.C=C1N(c2c(F)cc(Cl)c3oc(C)nc23)C(=O)N2CCCCN12.C=C1N(c2c(F)cc(Cl)c3oc(C)nc23)C(=S)N2CCCCN12.C=C1N(c2c(F)cc(Cl)c3sc(C)nc23)C(=O)N2CCCCN12.C=C1N(c2c(F)cc(Cl)c3sc(C)nc23)C(=S)N2CCCCN12. The summed E-state index contributed by atoms with van der Waals surface area (Å²) in [5.74, 6) is 2.45. The molecule has 12 fully saturated rings. The highest BCUT2D eigenvalue weighted by atomic mass is 35.5. The van der Waals surface area contributed by atoms with Gasteiger partial charge in [0.15, 0.2) is 57.7 Å². The molecule has 0 aliphatic carbocycles. The van der Waals surface area contributed by atoms with Crippen LogP contribution in [-0.4, -0.2) is 203 Å². The number of rotatable bonds is 6. The highest BCUT2D eigenvalue weighted by Gasteiger charge is 2.50. The Labute approximate surface area is 850 Å². The van der Waals surface area contributed by atoms with Crippen molar-refractivity contribution in [1.29, 1.82) is 0 Å². The standard InChI is InChI=1S/C15H14Cl2N4O2.C15H14Cl2N4OS.C15H14ClFN4O2.2C15H14ClFN4OS.C15H14ClFN4S2/c2*1-8-18-12-13(10(16)7-11(17)14(12)23-8)21-9(2)19-5-3-4-6-20(19)15(21)22;2*1-8-18-12-13(11(17)7-10(16)14(12)23-8)21-9(2)19-5-3-4-6-20(19)15(21)22;1-8-18-12-13(11(17)7-10(16)14(12)22-8)21-9(2)19-5-3-4-6-20(19)15(21)23;1-8-18-12-13(11(17)7-10(16)14(12)23-8)21-9(2)19-5-3-4-6-20(19)15(21)22/h6*7H,2-6H2,1H3.